The Morgan fingerprint density at radius 2 is 2.15 bits per heavy atom. The fourth-order valence-electron chi connectivity index (χ4n) is 0.790. The molecule has 0 fully saturated rings. The van der Waals surface area contributed by atoms with Gasteiger partial charge in [-0.2, -0.15) is 4.99 Å². The number of nitrogens with zero attached hydrogens (tertiary/aromatic N) is 1. The lowest BCUT2D eigenvalue weighted by Gasteiger charge is -1.94. The van der Waals surface area contributed by atoms with Crippen molar-refractivity contribution in [1.82, 2.24) is 0 Å². The molecule has 0 radical (unpaired) electrons. The smallest absolute Gasteiger partial charge is 0.211 e. The number of aliphatic imine (C=N–C) groups is 1. The monoisotopic (exact) mass is 181 g/mol. The first-order chi connectivity index (χ1) is 6.24. The molecule has 2 nitrogen and oxygen atoms in total. The lowest BCUT2D eigenvalue weighted by atomic mass is 10.2. The second-order valence-electron chi connectivity index (χ2n) is 2.20. The lowest BCUT2D eigenvalue weighted by Crippen LogP contribution is -1.83. The zero-order valence-corrected chi connectivity index (χ0v) is 6.50. The Morgan fingerprint density at radius 1 is 1.38 bits per heavy atom. The van der Waals surface area contributed by atoms with E-state index in [1.54, 1.807) is 0 Å². The van der Waals surface area contributed by atoms with Crippen molar-refractivity contribution in [3.05, 3.63) is 41.6 Å². The Balaban J connectivity index is 2.99. The summed E-state index contributed by atoms with van der Waals surface area (Å²) in [6.45, 7) is 0. The van der Waals surface area contributed by atoms with Gasteiger partial charge in [0, 0.05) is 11.8 Å². The minimum atomic E-state index is -0.571. The van der Waals surface area contributed by atoms with Gasteiger partial charge in [0.1, 0.15) is 11.6 Å². The molecule has 0 saturated carbocycles. The fourth-order valence-corrected chi connectivity index (χ4v) is 0.790. The fraction of sp³-hybridized carbons (Fsp3) is 0. The predicted molar refractivity (Wildman–Crippen MR) is 43.5 cm³/mol. The van der Waals surface area contributed by atoms with Crippen LogP contribution in [0.25, 0.3) is 6.08 Å². The minimum Gasteiger partial charge on any atom is -0.211 e. The zero-order valence-electron chi connectivity index (χ0n) is 6.50. The average molecular weight is 181 g/mol. The molecule has 0 N–H and O–H groups in total. The molecule has 1 rings (SSSR count). The summed E-state index contributed by atoms with van der Waals surface area (Å²) < 4.78 is 25.4. The van der Waals surface area contributed by atoms with Crippen LogP contribution in [-0.4, -0.2) is 6.08 Å². The van der Waals surface area contributed by atoms with E-state index in [2.05, 4.69) is 4.99 Å². The Kier molecular flexibility index (Phi) is 3.06. The molecule has 0 saturated heterocycles. The van der Waals surface area contributed by atoms with E-state index in [1.807, 2.05) is 0 Å². The van der Waals surface area contributed by atoms with Gasteiger partial charge in [0.15, 0.2) is 0 Å². The van der Waals surface area contributed by atoms with Crippen molar-refractivity contribution in [2.75, 3.05) is 0 Å². The second kappa shape index (κ2) is 4.28. The van der Waals surface area contributed by atoms with Crippen LogP contribution >= 0.6 is 0 Å². The van der Waals surface area contributed by atoms with Crippen LogP contribution in [0.15, 0.2) is 29.4 Å². The number of carbonyl (C=O) groups excluding carboxylic acids is 1. The zero-order chi connectivity index (χ0) is 9.68. The molecule has 66 valence electrons. The Morgan fingerprint density at radius 3 is 2.85 bits per heavy atom. The molecular formula is C9H5F2NO. The van der Waals surface area contributed by atoms with Gasteiger partial charge in [-0.25, -0.2) is 13.6 Å². The number of rotatable bonds is 2. The first-order valence-corrected chi connectivity index (χ1v) is 3.42. The van der Waals surface area contributed by atoms with Crippen LogP contribution < -0.4 is 0 Å². The quantitative estimate of drug-likeness (QED) is 0.508. The van der Waals surface area contributed by atoms with E-state index in [0.717, 1.165) is 24.4 Å². The molecular weight excluding hydrogens is 176 g/mol. The molecule has 1 aromatic carbocycles. The van der Waals surface area contributed by atoms with E-state index in [0.29, 0.717) is 0 Å². The van der Waals surface area contributed by atoms with E-state index in [-0.39, 0.29) is 5.56 Å². The van der Waals surface area contributed by atoms with Crippen molar-refractivity contribution in [3.63, 3.8) is 0 Å². The normalized spacial score (nSPS) is 10.0. The molecule has 0 aliphatic carbocycles. The molecule has 0 bridgehead atoms. The van der Waals surface area contributed by atoms with Gasteiger partial charge in [-0.15, -0.1) is 0 Å². The summed E-state index contributed by atoms with van der Waals surface area (Å²) in [7, 11) is 0. The molecule has 0 unspecified atom stereocenters. The highest BCUT2D eigenvalue weighted by molar-refractivity contribution is 5.51. The van der Waals surface area contributed by atoms with E-state index in [1.165, 1.54) is 12.2 Å². The van der Waals surface area contributed by atoms with Gasteiger partial charge in [-0.05, 0) is 24.3 Å². The SMILES string of the molecule is O=C=N/C=C\c1cc(F)ccc1F. The van der Waals surface area contributed by atoms with Crippen molar-refractivity contribution < 1.29 is 13.6 Å². The summed E-state index contributed by atoms with van der Waals surface area (Å²) in [6, 6.07) is 3.02. The van der Waals surface area contributed by atoms with Gasteiger partial charge in [0.2, 0.25) is 6.08 Å². The molecule has 0 aliphatic heterocycles. The van der Waals surface area contributed by atoms with E-state index in [4.69, 9.17) is 0 Å². The highest BCUT2D eigenvalue weighted by atomic mass is 19.1. The third-order valence-electron chi connectivity index (χ3n) is 1.34. The molecule has 0 heterocycles. The van der Waals surface area contributed by atoms with Crippen LogP contribution in [0, 0.1) is 11.6 Å². The largest absolute Gasteiger partial charge is 0.239 e. The van der Waals surface area contributed by atoms with Gasteiger partial charge in [-0.1, -0.05) is 0 Å². The molecule has 0 atom stereocenters. The van der Waals surface area contributed by atoms with Gasteiger partial charge >= 0.3 is 0 Å². The maximum atomic E-state index is 12.8. The van der Waals surface area contributed by atoms with Crippen LogP contribution in [0.1, 0.15) is 5.56 Å². The van der Waals surface area contributed by atoms with Crippen LogP contribution in [0.2, 0.25) is 0 Å². The Hall–Kier alpha value is -1.80. The van der Waals surface area contributed by atoms with Crippen molar-refractivity contribution in [2.24, 2.45) is 4.99 Å². The summed E-state index contributed by atoms with van der Waals surface area (Å²) in [4.78, 5) is 12.7. The minimum absolute atomic E-state index is 0.0407. The first kappa shape index (κ1) is 9.29. The molecule has 0 aliphatic rings. The first-order valence-electron chi connectivity index (χ1n) is 3.42. The average Bonchev–Trinajstić information content (AvgIpc) is 2.11. The number of hydrogen-bond donors (Lipinski definition) is 0. The number of benzene rings is 1. The summed E-state index contributed by atoms with van der Waals surface area (Å²) in [5, 5.41) is 0. The number of isocyanates is 1. The Bertz CT molecular complexity index is 381. The van der Waals surface area contributed by atoms with E-state index in [9.17, 15) is 13.6 Å². The highest BCUT2D eigenvalue weighted by Gasteiger charge is 1.98. The summed E-state index contributed by atoms with van der Waals surface area (Å²) in [5.41, 5.74) is 0.0407. The van der Waals surface area contributed by atoms with Crippen LogP contribution in [0.5, 0.6) is 0 Å². The van der Waals surface area contributed by atoms with E-state index < -0.39 is 11.6 Å². The van der Waals surface area contributed by atoms with Crippen molar-refractivity contribution in [2.45, 2.75) is 0 Å². The van der Waals surface area contributed by atoms with Crippen LogP contribution in [0.3, 0.4) is 0 Å². The van der Waals surface area contributed by atoms with Crippen molar-refractivity contribution in [3.8, 4) is 0 Å². The molecule has 13 heavy (non-hydrogen) atoms. The molecule has 0 aromatic heterocycles. The van der Waals surface area contributed by atoms with Crippen LogP contribution in [-0.2, 0) is 4.79 Å². The van der Waals surface area contributed by atoms with E-state index >= 15 is 0 Å². The van der Waals surface area contributed by atoms with Gasteiger partial charge in [0.25, 0.3) is 0 Å². The van der Waals surface area contributed by atoms with Gasteiger partial charge in [-0.3, -0.25) is 0 Å². The number of hydrogen-bond acceptors (Lipinski definition) is 2. The predicted octanol–water partition coefficient (Wildman–Crippen LogP) is 2.27. The summed E-state index contributed by atoms with van der Waals surface area (Å²) >= 11 is 0. The topological polar surface area (TPSA) is 29.4 Å². The third-order valence-corrected chi connectivity index (χ3v) is 1.34. The highest BCUT2D eigenvalue weighted by Crippen LogP contribution is 2.10. The summed E-state index contributed by atoms with van der Waals surface area (Å²) in [6.07, 6.45) is 3.47. The van der Waals surface area contributed by atoms with Crippen molar-refractivity contribution >= 4 is 12.2 Å². The maximum absolute atomic E-state index is 12.8. The molecule has 0 amide bonds. The Labute approximate surface area is 73.2 Å². The third kappa shape index (κ3) is 2.61. The molecule has 0 spiro atoms. The summed E-state index contributed by atoms with van der Waals surface area (Å²) in [5.74, 6) is -1.12. The maximum Gasteiger partial charge on any atom is 0.239 e. The second-order valence-corrected chi connectivity index (χ2v) is 2.20. The van der Waals surface area contributed by atoms with Gasteiger partial charge in [0.05, 0.1) is 0 Å². The lowest BCUT2D eigenvalue weighted by molar-refractivity contribution is 0.565. The number of halogens is 2. The van der Waals surface area contributed by atoms with Gasteiger partial charge < -0.3 is 0 Å². The molecule has 4 heteroatoms. The molecule has 1 aromatic rings. The standard InChI is InChI=1S/C9H5F2NO/c10-8-1-2-9(11)7(5-8)3-4-12-6-13/h1-5H/b4-3-. The van der Waals surface area contributed by atoms with Crippen molar-refractivity contribution in [1.29, 1.82) is 0 Å². The van der Waals surface area contributed by atoms with Crippen LogP contribution in [0.4, 0.5) is 8.78 Å².